The third-order valence-electron chi connectivity index (χ3n) is 2.69. The molecule has 17 heavy (non-hydrogen) atoms. The average Bonchev–Trinajstić information content (AvgIpc) is 2.30. The topological polar surface area (TPSA) is 21.3 Å². The maximum Gasteiger partial charge on any atom is 0.119 e. The standard InChI is InChI=1S/C15H23NO/c1-5-16-12(3)11-14-7-9-15(10-8-14)13(4)17-6-2/h7-10,12,16H,4-6,11H2,1-3H3. The maximum atomic E-state index is 5.38. The van der Waals surface area contributed by atoms with E-state index in [1.54, 1.807) is 0 Å². The van der Waals surface area contributed by atoms with Gasteiger partial charge in [0, 0.05) is 11.6 Å². The molecule has 1 unspecified atom stereocenters. The molecule has 1 aromatic carbocycles. The Morgan fingerprint density at radius 1 is 1.29 bits per heavy atom. The predicted molar refractivity (Wildman–Crippen MR) is 73.9 cm³/mol. The van der Waals surface area contributed by atoms with E-state index in [1.165, 1.54) is 5.56 Å². The van der Waals surface area contributed by atoms with E-state index in [1.807, 2.05) is 6.92 Å². The summed E-state index contributed by atoms with van der Waals surface area (Å²) in [7, 11) is 0. The van der Waals surface area contributed by atoms with Gasteiger partial charge in [0.15, 0.2) is 0 Å². The molecule has 0 bridgehead atoms. The van der Waals surface area contributed by atoms with Crippen LogP contribution in [0.25, 0.3) is 5.76 Å². The zero-order valence-electron chi connectivity index (χ0n) is 11.1. The van der Waals surface area contributed by atoms with Crippen LogP contribution in [0.5, 0.6) is 0 Å². The molecule has 1 N–H and O–H groups in total. The molecule has 1 atom stereocenters. The van der Waals surface area contributed by atoms with Crippen LogP contribution in [0.2, 0.25) is 0 Å². The van der Waals surface area contributed by atoms with E-state index >= 15 is 0 Å². The fraction of sp³-hybridized carbons (Fsp3) is 0.467. The molecule has 0 fully saturated rings. The van der Waals surface area contributed by atoms with Crippen molar-refractivity contribution in [3.63, 3.8) is 0 Å². The second-order valence-corrected chi connectivity index (χ2v) is 4.22. The Morgan fingerprint density at radius 2 is 1.94 bits per heavy atom. The van der Waals surface area contributed by atoms with Crippen molar-refractivity contribution in [2.45, 2.75) is 33.2 Å². The van der Waals surface area contributed by atoms with Crippen molar-refractivity contribution in [2.75, 3.05) is 13.2 Å². The lowest BCUT2D eigenvalue weighted by Crippen LogP contribution is -2.27. The first-order valence-corrected chi connectivity index (χ1v) is 6.31. The summed E-state index contributed by atoms with van der Waals surface area (Å²) in [4.78, 5) is 0. The minimum atomic E-state index is 0.515. The van der Waals surface area contributed by atoms with Gasteiger partial charge < -0.3 is 10.1 Å². The van der Waals surface area contributed by atoms with Gasteiger partial charge in [-0.2, -0.15) is 0 Å². The smallest absolute Gasteiger partial charge is 0.119 e. The minimum Gasteiger partial charge on any atom is -0.494 e. The second-order valence-electron chi connectivity index (χ2n) is 4.22. The Balaban J connectivity index is 2.58. The lowest BCUT2D eigenvalue weighted by molar-refractivity contribution is 0.299. The number of hydrogen-bond acceptors (Lipinski definition) is 2. The Morgan fingerprint density at radius 3 is 2.47 bits per heavy atom. The molecule has 1 rings (SSSR count). The predicted octanol–water partition coefficient (Wildman–Crippen LogP) is 3.23. The first-order valence-electron chi connectivity index (χ1n) is 6.31. The van der Waals surface area contributed by atoms with Gasteiger partial charge in [-0.3, -0.25) is 0 Å². The van der Waals surface area contributed by atoms with Crippen LogP contribution in [-0.2, 0) is 11.2 Å². The van der Waals surface area contributed by atoms with E-state index in [2.05, 4.69) is 50.0 Å². The van der Waals surface area contributed by atoms with E-state index in [-0.39, 0.29) is 0 Å². The molecule has 2 nitrogen and oxygen atoms in total. The van der Waals surface area contributed by atoms with Gasteiger partial charge in [-0.05, 0) is 32.4 Å². The van der Waals surface area contributed by atoms with E-state index in [0.29, 0.717) is 12.6 Å². The first kappa shape index (κ1) is 13.8. The Labute approximate surface area is 105 Å². The fourth-order valence-electron chi connectivity index (χ4n) is 1.86. The highest BCUT2D eigenvalue weighted by atomic mass is 16.5. The van der Waals surface area contributed by atoms with Crippen molar-refractivity contribution >= 4 is 5.76 Å². The van der Waals surface area contributed by atoms with E-state index < -0.39 is 0 Å². The van der Waals surface area contributed by atoms with Gasteiger partial charge in [-0.25, -0.2) is 0 Å². The lowest BCUT2D eigenvalue weighted by Gasteiger charge is -2.13. The summed E-state index contributed by atoms with van der Waals surface area (Å²) in [6.07, 6.45) is 1.05. The third kappa shape index (κ3) is 4.61. The molecule has 0 aliphatic carbocycles. The number of nitrogens with one attached hydrogen (secondary N) is 1. The highest BCUT2D eigenvalue weighted by Gasteiger charge is 2.03. The molecular weight excluding hydrogens is 210 g/mol. The zero-order chi connectivity index (χ0) is 12.7. The number of ether oxygens (including phenoxy) is 1. The van der Waals surface area contributed by atoms with E-state index in [9.17, 15) is 0 Å². The van der Waals surface area contributed by atoms with Crippen LogP contribution in [0.3, 0.4) is 0 Å². The van der Waals surface area contributed by atoms with Crippen LogP contribution in [0.1, 0.15) is 31.9 Å². The molecule has 0 saturated carbocycles. The molecule has 0 saturated heterocycles. The molecule has 1 aromatic rings. The minimum absolute atomic E-state index is 0.515. The Bertz CT molecular complexity index is 342. The molecule has 0 amide bonds. The maximum absolute atomic E-state index is 5.38. The quantitative estimate of drug-likeness (QED) is 0.730. The van der Waals surface area contributed by atoms with Gasteiger partial charge in [0.1, 0.15) is 5.76 Å². The van der Waals surface area contributed by atoms with Crippen LogP contribution in [0, 0.1) is 0 Å². The van der Waals surface area contributed by atoms with Gasteiger partial charge in [-0.15, -0.1) is 0 Å². The Kier molecular flexibility index (Phi) is 5.78. The van der Waals surface area contributed by atoms with Gasteiger partial charge in [0.25, 0.3) is 0 Å². The summed E-state index contributed by atoms with van der Waals surface area (Å²) in [5, 5.41) is 3.41. The molecule has 0 aromatic heterocycles. The molecule has 0 spiro atoms. The van der Waals surface area contributed by atoms with E-state index in [4.69, 9.17) is 4.74 Å². The summed E-state index contributed by atoms with van der Waals surface area (Å²) >= 11 is 0. The van der Waals surface area contributed by atoms with Crippen LogP contribution >= 0.6 is 0 Å². The number of hydrogen-bond donors (Lipinski definition) is 1. The summed E-state index contributed by atoms with van der Waals surface area (Å²) in [5.74, 6) is 0.749. The second kappa shape index (κ2) is 7.13. The van der Waals surface area contributed by atoms with Crippen LogP contribution in [0.15, 0.2) is 30.8 Å². The lowest BCUT2D eigenvalue weighted by atomic mass is 10.0. The van der Waals surface area contributed by atoms with Crippen LogP contribution in [-0.4, -0.2) is 19.2 Å². The molecule has 2 heteroatoms. The summed E-state index contributed by atoms with van der Waals surface area (Å²) in [6.45, 7) is 11.9. The number of likely N-dealkylation sites (N-methyl/N-ethyl adjacent to an activating group) is 1. The molecule has 0 heterocycles. The molecule has 0 aliphatic rings. The van der Waals surface area contributed by atoms with Gasteiger partial charge >= 0.3 is 0 Å². The Hall–Kier alpha value is -1.28. The van der Waals surface area contributed by atoms with Crippen molar-refractivity contribution < 1.29 is 4.74 Å². The molecular formula is C15H23NO. The van der Waals surface area contributed by atoms with Crippen molar-refractivity contribution in [3.05, 3.63) is 42.0 Å². The monoisotopic (exact) mass is 233 g/mol. The number of rotatable bonds is 7. The van der Waals surface area contributed by atoms with Crippen LogP contribution < -0.4 is 5.32 Å². The van der Waals surface area contributed by atoms with E-state index in [0.717, 1.165) is 24.3 Å². The highest BCUT2D eigenvalue weighted by molar-refractivity contribution is 5.57. The van der Waals surface area contributed by atoms with Gasteiger partial charge in [0.2, 0.25) is 0 Å². The SMILES string of the molecule is C=C(OCC)c1ccc(CC(C)NCC)cc1. The van der Waals surface area contributed by atoms with Crippen LogP contribution in [0.4, 0.5) is 0 Å². The fourth-order valence-corrected chi connectivity index (χ4v) is 1.86. The third-order valence-corrected chi connectivity index (χ3v) is 2.69. The number of benzene rings is 1. The largest absolute Gasteiger partial charge is 0.494 e. The average molecular weight is 233 g/mol. The summed E-state index contributed by atoms with van der Waals surface area (Å²) in [5.41, 5.74) is 2.40. The van der Waals surface area contributed by atoms with Crippen molar-refractivity contribution in [1.29, 1.82) is 0 Å². The molecule has 0 radical (unpaired) electrons. The first-order chi connectivity index (χ1) is 8.17. The highest BCUT2D eigenvalue weighted by Crippen LogP contribution is 2.15. The van der Waals surface area contributed by atoms with Crippen molar-refractivity contribution in [1.82, 2.24) is 5.32 Å². The summed E-state index contributed by atoms with van der Waals surface area (Å²) in [6, 6.07) is 8.96. The van der Waals surface area contributed by atoms with Crippen molar-refractivity contribution in [3.8, 4) is 0 Å². The molecule has 0 aliphatic heterocycles. The summed E-state index contributed by atoms with van der Waals surface area (Å²) < 4.78 is 5.38. The zero-order valence-corrected chi connectivity index (χ0v) is 11.1. The normalized spacial score (nSPS) is 12.2. The van der Waals surface area contributed by atoms with Gasteiger partial charge in [-0.1, -0.05) is 37.8 Å². The molecule has 94 valence electrons. The van der Waals surface area contributed by atoms with Gasteiger partial charge in [0.05, 0.1) is 6.61 Å². The van der Waals surface area contributed by atoms with Crippen molar-refractivity contribution in [2.24, 2.45) is 0 Å².